The minimum Gasteiger partial charge on any atom is -0.351 e. The number of fused-ring (bicyclic) bond motifs is 3. The number of hydrogen-bond acceptors (Lipinski definition) is 5. The molecule has 144 valence electrons. The third-order valence-corrected chi connectivity index (χ3v) is 6.53. The zero-order chi connectivity index (χ0) is 19.3. The molecular formula is C21H24N6O. The van der Waals surface area contributed by atoms with Gasteiger partial charge < -0.3 is 10.2 Å². The second-order valence-electron chi connectivity index (χ2n) is 8.28. The summed E-state index contributed by atoms with van der Waals surface area (Å²) in [6, 6.07) is 6.52. The van der Waals surface area contributed by atoms with Crippen LogP contribution in [0.4, 0.5) is 0 Å². The Bertz CT molecular complexity index is 960. The molecule has 2 bridgehead atoms. The van der Waals surface area contributed by atoms with Gasteiger partial charge >= 0.3 is 0 Å². The fourth-order valence-corrected chi connectivity index (χ4v) is 5.10. The second-order valence-corrected chi connectivity index (χ2v) is 8.28. The van der Waals surface area contributed by atoms with Crippen LogP contribution < -0.4 is 5.32 Å². The summed E-state index contributed by atoms with van der Waals surface area (Å²) in [6.45, 7) is 1.97. The standard InChI is InChI=1S/C21H24N6O/c1-13-3-2-4-20(23-13)27-11-15-9-14(5-7-17(15)25-27)21(28)24-18-10-16-6-8-19(18)26(16)12-22/h2-4,11,14,16,18-19H,5-10H2,1H3,(H,24,28)/t14-,16-,18+,19+/m0/s1. The lowest BCUT2D eigenvalue weighted by atomic mass is 9.86. The fraction of sp³-hybridized carbons (Fsp3) is 0.524. The van der Waals surface area contributed by atoms with E-state index in [9.17, 15) is 10.1 Å². The summed E-state index contributed by atoms with van der Waals surface area (Å²) in [5.41, 5.74) is 3.17. The summed E-state index contributed by atoms with van der Waals surface area (Å²) in [5, 5.41) is 17.3. The lowest BCUT2D eigenvalue weighted by Gasteiger charge is -2.26. The predicted octanol–water partition coefficient (Wildman–Crippen LogP) is 1.88. The number of aromatic nitrogens is 3. The minimum atomic E-state index is -0.0229. The summed E-state index contributed by atoms with van der Waals surface area (Å²) in [4.78, 5) is 19.3. The maximum atomic E-state index is 12.9. The number of amides is 1. The van der Waals surface area contributed by atoms with Crippen molar-refractivity contribution in [2.45, 2.75) is 63.6 Å². The average Bonchev–Trinajstić information content (AvgIpc) is 3.39. The van der Waals surface area contributed by atoms with Gasteiger partial charge in [-0.05, 0) is 63.1 Å². The molecule has 0 spiro atoms. The van der Waals surface area contributed by atoms with Crippen LogP contribution in [0, 0.1) is 24.3 Å². The van der Waals surface area contributed by atoms with Crippen molar-refractivity contribution in [3.05, 3.63) is 41.3 Å². The van der Waals surface area contributed by atoms with Gasteiger partial charge in [-0.1, -0.05) is 6.07 Å². The number of hydrogen-bond donors (Lipinski definition) is 1. The average molecular weight is 376 g/mol. The predicted molar refractivity (Wildman–Crippen MR) is 102 cm³/mol. The van der Waals surface area contributed by atoms with Crippen LogP contribution in [-0.4, -0.2) is 43.7 Å². The number of nitrogens with zero attached hydrogens (tertiary/aromatic N) is 5. The highest BCUT2D eigenvalue weighted by atomic mass is 16.2. The third kappa shape index (κ3) is 2.84. The van der Waals surface area contributed by atoms with E-state index in [1.807, 2.05) is 40.9 Å². The molecule has 28 heavy (non-hydrogen) atoms. The molecule has 4 heterocycles. The number of rotatable bonds is 3. The first-order valence-electron chi connectivity index (χ1n) is 10.1. The Kier molecular flexibility index (Phi) is 4.08. The summed E-state index contributed by atoms with van der Waals surface area (Å²) in [7, 11) is 0. The maximum Gasteiger partial charge on any atom is 0.223 e. The summed E-state index contributed by atoms with van der Waals surface area (Å²) in [5.74, 6) is 0.918. The molecule has 1 N–H and O–H groups in total. The molecule has 4 atom stereocenters. The molecule has 2 saturated heterocycles. The molecule has 0 aromatic carbocycles. The highest BCUT2D eigenvalue weighted by Crippen LogP contribution is 2.37. The lowest BCUT2D eigenvalue weighted by Crippen LogP contribution is -2.46. The molecule has 1 amide bonds. The van der Waals surface area contributed by atoms with E-state index in [4.69, 9.17) is 5.10 Å². The van der Waals surface area contributed by atoms with E-state index in [0.29, 0.717) is 6.04 Å². The van der Waals surface area contributed by atoms with Gasteiger partial charge in [0.15, 0.2) is 12.0 Å². The molecule has 7 nitrogen and oxygen atoms in total. The summed E-state index contributed by atoms with van der Waals surface area (Å²) < 4.78 is 1.83. The van der Waals surface area contributed by atoms with Crippen molar-refractivity contribution >= 4 is 5.91 Å². The third-order valence-electron chi connectivity index (χ3n) is 6.53. The summed E-state index contributed by atoms with van der Waals surface area (Å²) in [6.07, 6.45) is 9.66. The van der Waals surface area contributed by atoms with Crippen molar-refractivity contribution in [3.63, 3.8) is 0 Å². The van der Waals surface area contributed by atoms with Crippen LogP contribution in [0.2, 0.25) is 0 Å². The van der Waals surface area contributed by atoms with Crippen molar-refractivity contribution in [2.75, 3.05) is 0 Å². The number of carbonyl (C=O) groups is 1. The van der Waals surface area contributed by atoms with Crippen LogP contribution >= 0.6 is 0 Å². The molecule has 0 unspecified atom stereocenters. The van der Waals surface area contributed by atoms with E-state index >= 15 is 0 Å². The Hall–Kier alpha value is -2.88. The Morgan fingerprint density at radius 3 is 3.00 bits per heavy atom. The Labute approximate surface area is 164 Å². The van der Waals surface area contributed by atoms with Gasteiger partial charge in [-0.25, -0.2) is 9.67 Å². The van der Waals surface area contributed by atoms with E-state index in [1.165, 1.54) is 0 Å². The van der Waals surface area contributed by atoms with Crippen molar-refractivity contribution in [3.8, 4) is 12.0 Å². The largest absolute Gasteiger partial charge is 0.351 e. The van der Waals surface area contributed by atoms with Crippen molar-refractivity contribution < 1.29 is 4.79 Å². The maximum absolute atomic E-state index is 12.9. The molecule has 2 aliphatic heterocycles. The van der Waals surface area contributed by atoms with Crippen molar-refractivity contribution in [2.24, 2.45) is 5.92 Å². The van der Waals surface area contributed by atoms with Gasteiger partial charge in [0.05, 0.1) is 17.8 Å². The highest BCUT2D eigenvalue weighted by Gasteiger charge is 2.47. The number of pyridine rings is 1. The molecule has 1 aliphatic carbocycles. The van der Waals surface area contributed by atoms with Crippen LogP contribution in [0.25, 0.3) is 5.82 Å². The lowest BCUT2D eigenvalue weighted by molar-refractivity contribution is -0.126. The van der Waals surface area contributed by atoms with E-state index in [1.54, 1.807) is 0 Å². The van der Waals surface area contributed by atoms with E-state index < -0.39 is 0 Å². The number of nitriles is 1. The highest BCUT2D eigenvalue weighted by molar-refractivity contribution is 5.79. The van der Waals surface area contributed by atoms with Crippen molar-refractivity contribution in [1.82, 2.24) is 25.0 Å². The molecule has 2 aromatic rings. The molecule has 2 fully saturated rings. The molecule has 7 heteroatoms. The van der Waals surface area contributed by atoms with Crippen LogP contribution in [0.1, 0.15) is 42.6 Å². The molecule has 0 saturated carbocycles. The first-order valence-corrected chi connectivity index (χ1v) is 10.1. The van der Waals surface area contributed by atoms with Gasteiger partial charge in [0.1, 0.15) is 0 Å². The van der Waals surface area contributed by atoms with Gasteiger partial charge in [-0.3, -0.25) is 4.79 Å². The van der Waals surface area contributed by atoms with Gasteiger partial charge in [0.2, 0.25) is 5.91 Å². The zero-order valence-electron chi connectivity index (χ0n) is 16.0. The van der Waals surface area contributed by atoms with Gasteiger partial charge in [-0.15, -0.1) is 0 Å². The SMILES string of the molecule is Cc1cccc(-n2cc3c(n2)CC[C@H](C(=O)N[C@@H]2C[C@@H]4CC[C@H]2N4C#N)C3)n1. The smallest absolute Gasteiger partial charge is 0.223 e. The van der Waals surface area contributed by atoms with Crippen LogP contribution in [-0.2, 0) is 17.6 Å². The van der Waals surface area contributed by atoms with Gasteiger partial charge in [-0.2, -0.15) is 10.4 Å². The second kappa shape index (κ2) is 6.62. The number of carbonyl (C=O) groups excluding carboxylic acids is 1. The monoisotopic (exact) mass is 376 g/mol. The molecule has 5 rings (SSSR count). The number of nitrogens with one attached hydrogen (secondary N) is 1. The first-order chi connectivity index (χ1) is 13.6. The summed E-state index contributed by atoms with van der Waals surface area (Å²) >= 11 is 0. The van der Waals surface area contributed by atoms with Gasteiger partial charge in [0.25, 0.3) is 0 Å². The molecular weight excluding hydrogens is 352 g/mol. The number of aryl methyl sites for hydroxylation is 2. The molecule has 0 radical (unpaired) electrons. The van der Waals surface area contributed by atoms with Crippen LogP contribution in [0.5, 0.6) is 0 Å². The molecule has 3 aliphatic rings. The Morgan fingerprint density at radius 1 is 1.32 bits per heavy atom. The fourth-order valence-electron chi connectivity index (χ4n) is 5.10. The van der Waals surface area contributed by atoms with Crippen LogP contribution in [0.15, 0.2) is 24.4 Å². The van der Waals surface area contributed by atoms with E-state index in [2.05, 4.69) is 16.5 Å². The van der Waals surface area contributed by atoms with Crippen molar-refractivity contribution in [1.29, 1.82) is 5.26 Å². The minimum absolute atomic E-state index is 0.0229. The first kappa shape index (κ1) is 17.2. The van der Waals surface area contributed by atoms with E-state index in [0.717, 1.165) is 61.3 Å². The Morgan fingerprint density at radius 2 is 2.21 bits per heavy atom. The quantitative estimate of drug-likeness (QED) is 0.827. The molecule has 2 aromatic heterocycles. The Balaban J connectivity index is 1.27. The topological polar surface area (TPSA) is 86.8 Å². The zero-order valence-corrected chi connectivity index (χ0v) is 16.0. The normalized spacial score (nSPS) is 28.1. The van der Waals surface area contributed by atoms with E-state index in [-0.39, 0.29) is 23.9 Å². The van der Waals surface area contributed by atoms with Gasteiger partial charge in [0, 0.05) is 23.9 Å². The van der Waals surface area contributed by atoms with Crippen LogP contribution in [0.3, 0.4) is 0 Å².